The third-order valence-corrected chi connectivity index (χ3v) is 7.63. The van der Waals surface area contributed by atoms with Gasteiger partial charge in [-0.15, -0.1) is 11.3 Å². The number of fused-ring (bicyclic) bond motifs is 3. The highest BCUT2D eigenvalue weighted by atomic mass is 32.1. The number of carbonyl (C=O) groups is 1. The lowest BCUT2D eigenvalue weighted by atomic mass is 10.0. The van der Waals surface area contributed by atoms with Crippen molar-refractivity contribution in [2.24, 2.45) is 0 Å². The standard InChI is InChI=1S/C24H28N4O2S/c29-22(26-18-11-13-27(14-12-18)16-17-7-3-1-4-8-17)19-15-25-24-28(23(19)30)20-9-5-2-6-10-21(20)31-24/h1,3-4,7-8,15,18H,2,5-6,9-14,16H2,(H,26,29). The molecule has 162 valence electrons. The van der Waals surface area contributed by atoms with Gasteiger partial charge in [0.15, 0.2) is 4.96 Å². The zero-order valence-electron chi connectivity index (χ0n) is 17.7. The summed E-state index contributed by atoms with van der Waals surface area (Å²) in [7, 11) is 0. The number of benzene rings is 1. The Kier molecular flexibility index (Phi) is 5.87. The average molecular weight is 437 g/mol. The van der Waals surface area contributed by atoms with Crippen LogP contribution in [0.15, 0.2) is 41.3 Å². The van der Waals surface area contributed by atoms with Crippen molar-refractivity contribution in [3.63, 3.8) is 0 Å². The number of likely N-dealkylation sites (tertiary alicyclic amines) is 1. The molecule has 2 aromatic heterocycles. The number of thiazole rings is 1. The lowest BCUT2D eigenvalue weighted by Crippen LogP contribution is -2.45. The predicted molar refractivity (Wildman–Crippen MR) is 123 cm³/mol. The van der Waals surface area contributed by atoms with Crippen molar-refractivity contribution in [1.29, 1.82) is 0 Å². The van der Waals surface area contributed by atoms with Crippen molar-refractivity contribution in [3.05, 3.63) is 68.6 Å². The lowest BCUT2D eigenvalue weighted by molar-refractivity contribution is 0.0907. The quantitative estimate of drug-likeness (QED) is 0.637. The monoisotopic (exact) mass is 436 g/mol. The molecule has 0 radical (unpaired) electrons. The predicted octanol–water partition coefficient (Wildman–Crippen LogP) is 3.42. The largest absolute Gasteiger partial charge is 0.349 e. The third kappa shape index (κ3) is 4.29. The number of amides is 1. The van der Waals surface area contributed by atoms with Crippen LogP contribution in [-0.2, 0) is 19.4 Å². The molecule has 0 saturated carbocycles. The van der Waals surface area contributed by atoms with E-state index in [2.05, 4.69) is 39.5 Å². The lowest BCUT2D eigenvalue weighted by Gasteiger charge is -2.32. The Bertz CT molecular complexity index is 1130. The smallest absolute Gasteiger partial charge is 0.271 e. The number of hydrogen-bond acceptors (Lipinski definition) is 5. The SMILES string of the molecule is O=C(NC1CCN(Cc2ccccc2)CC1)c1cnc2sc3c(n2c1=O)CCCCC3. The van der Waals surface area contributed by atoms with Crippen LogP contribution in [0.1, 0.15) is 58.6 Å². The number of rotatable bonds is 4. The molecule has 0 unspecified atom stereocenters. The highest BCUT2D eigenvalue weighted by Gasteiger charge is 2.24. The molecule has 31 heavy (non-hydrogen) atoms. The number of nitrogens with zero attached hydrogens (tertiary/aromatic N) is 3. The van der Waals surface area contributed by atoms with Crippen molar-refractivity contribution in [3.8, 4) is 0 Å². The summed E-state index contributed by atoms with van der Waals surface area (Å²) in [5.41, 5.74) is 2.32. The molecule has 0 atom stereocenters. The molecular weight excluding hydrogens is 408 g/mol. The Morgan fingerprint density at radius 2 is 1.87 bits per heavy atom. The third-order valence-electron chi connectivity index (χ3n) is 6.47. The van der Waals surface area contributed by atoms with Crippen LogP contribution in [0, 0.1) is 0 Å². The van der Waals surface area contributed by atoms with Crippen LogP contribution in [-0.4, -0.2) is 39.3 Å². The molecule has 1 amide bonds. The molecule has 3 heterocycles. The van der Waals surface area contributed by atoms with Crippen LogP contribution >= 0.6 is 11.3 Å². The Morgan fingerprint density at radius 3 is 2.68 bits per heavy atom. The topological polar surface area (TPSA) is 66.7 Å². The van der Waals surface area contributed by atoms with Gasteiger partial charge in [0, 0.05) is 42.4 Å². The van der Waals surface area contributed by atoms with Gasteiger partial charge in [0.05, 0.1) is 0 Å². The minimum absolute atomic E-state index is 0.0965. The van der Waals surface area contributed by atoms with Crippen LogP contribution in [0.2, 0.25) is 0 Å². The molecule has 5 rings (SSSR count). The Labute approximate surface area is 185 Å². The van der Waals surface area contributed by atoms with E-state index in [-0.39, 0.29) is 23.1 Å². The number of nitrogens with one attached hydrogen (secondary N) is 1. The summed E-state index contributed by atoms with van der Waals surface area (Å²) in [5.74, 6) is -0.290. The maximum Gasteiger partial charge on any atom is 0.271 e. The van der Waals surface area contributed by atoms with Gasteiger partial charge >= 0.3 is 0 Å². The molecule has 0 bridgehead atoms. The maximum absolute atomic E-state index is 13.2. The summed E-state index contributed by atoms with van der Waals surface area (Å²) in [6.07, 6.45) is 8.58. The molecule has 6 nitrogen and oxygen atoms in total. The highest BCUT2D eigenvalue weighted by Crippen LogP contribution is 2.27. The molecule has 1 aliphatic carbocycles. The minimum atomic E-state index is -0.290. The van der Waals surface area contributed by atoms with Gasteiger partial charge in [-0.2, -0.15) is 0 Å². The van der Waals surface area contributed by atoms with E-state index in [9.17, 15) is 9.59 Å². The first-order chi connectivity index (χ1) is 15.2. The van der Waals surface area contributed by atoms with E-state index >= 15 is 0 Å². The van der Waals surface area contributed by atoms with E-state index in [0.717, 1.165) is 63.9 Å². The van der Waals surface area contributed by atoms with Crippen molar-refractivity contribution in [1.82, 2.24) is 19.6 Å². The van der Waals surface area contributed by atoms with Gasteiger partial charge in [-0.3, -0.25) is 18.9 Å². The van der Waals surface area contributed by atoms with Crippen LogP contribution in [0.3, 0.4) is 0 Å². The first-order valence-electron chi connectivity index (χ1n) is 11.3. The molecule has 2 aliphatic rings. The zero-order valence-corrected chi connectivity index (χ0v) is 18.5. The maximum atomic E-state index is 13.2. The number of aromatic nitrogens is 2. The molecule has 1 fully saturated rings. The van der Waals surface area contributed by atoms with E-state index in [4.69, 9.17) is 0 Å². The molecule has 3 aromatic rings. The van der Waals surface area contributed by atoms with Gasteiger partial charge in [-0.05, 0) is 44.1 Å². The molecule has 0 spiro atoms. The van der Waals surface area contributed by atoms with Gasteiger partial charge in [-0.1, -0.05) is 36.8 Å². The van der Waals surface area contributed by atoms with Crippen molar-refractivity contribution in [2.75, 3.05) is 13.1 Å². The van der Waals surface area contributed by atoms with Crippen LogP contribution in [0.5, 0.6) is 0 Å². The van der Waals surface area contributed by atoms with Crippen molar-refractivity contribution < 1.29 is 4.79 Å². The van der Waals surface area contributed by atoms with E-state index < -0.39 is 0 Å². The molecule has 7 heteroatoms. The number of piperidine rings is 1. The second-order valence-electron chi connectivity index (χ2n) is 8.64. The van der Waals surface area contributed by atoms with Gasteiger partial charge in [0.25, 0.3) is 11.5 Å². The Hall–Kier alpha value is -2.51. The summed E-state index contributed by atoms with van der Waals surface area (Å²) < 4.78 is 1.70. The minimum Gasteiger partial charge on any atom is -0.349 e. The van der Waals surface area contributed by atoms with E-state index in [1.54, 1.807) is 15.7 Å². The fourth-order valence-electron chi connectivity index (χ4n) is 4.74. The number of hydrogen-bond donors (Lipinski definition) is 1. The van der Waals surface area contributed by atoms with Gasteiger partial charge in [0.2, 0.25) is 0 Å². The van der Waals surface area contributed by atoms with Gasteiger partial charge in [0.1, 0.15) is 5.56 Å². The summed E-state index contributed by atoms with van der Waals surface area (Å²) in [4.78, 5) is 35.0. The average Bonchev–Trinajstić information content (AvgIpc) is 2.98. The zero-order chi connectivity index (χ0) is 21.2. The normalized spacial score (nSPS) is 17.9. The Morgan fingerprint density at radius 1 is 1.10 bits per heavy atom. The van der Waals surface area contributed by atoms with Crippen LogP contribution in [0.25, 0.3) is 4.96 Å². The number of carbonyl (C=O) groups excluding carboxylic acids is 1. The van der Waals surface area contributed by atoms with Crippen LogP contribution in [0.4, 0.5) is 0 Å². The summed E-state index contributed by atoms with van der Waals surface area (Å²) >= 11 is 1.60. The fraction of sp³-hybridized carbons (Fsp3) is 0.458. The highest BCUT2D eigenvalue weighted by molar-refractivity contribution is 7.17. The molecule has 1 N–H and O–H groups in total. The first-order valence-corrected chi connectivity index (χ1v) is 12.1. The van der Waals surface area contributed by atoms with E-state index in [0.29, 0.717) is 4.96 Å². The van der Waals surface area contributed by atoms with E-state index in [1.165, 1.54) is 23.1 Å². The molecular formula is C24H28N4O2S. The number of aryl methyl sites for hydroxylation is 2. The molecule has 1 aliphatic heterocycles. The van der Waals surface area contributed by atoms with Gasteiger partial charge in [-0.25, -0.2) is 4.98 Å². The Balaban J connectivity index is 1.26. The molecule has 1 saturated heterocycles. The second kappa shape index (κ2) is 8.93. The fourth-order valence-corrected chi connectivity index (χ4v) is 5.91. The van der Waals surface area contributed by atoms with Crippen LogP contribution < -0.4 is 10.9 Å². The summed E-state index contributed by atoms with van der Waals surface area (Å²) in [6, 6.07) is 10.6. The summed E-state index contributed by atoms with van der Waals surface area (Å²) in [6.45, 7) is 2.81. The van der Waals surface area contributed by atoms with Gasteiger partial charge < -0.3 is 5.32 Å². The van der Waals surface area contributed by atoms with E-state index in [1.807, 2.05) is 6.07 Å². The van der Waals surface area contributed by atoms with Crippen molar-refractivity contribution >= 4 is 22.2 Å². The molecule has 1 aromatic carbocycles. The summed E-state index contributed by atoms with van der Waals surface area (Å²) in [5, 5.41) is 3.09. The second-order valence-corrected chi connectivity index (χ2v) is 9.70. The first kappa shape index (κ1) is 20.4. The van der Waals surface area contributed by atoms with Crippen molar-refractivity contribution in [2.45, 2.75) is 57.5 Å².